The number of methoxy groups -OCH3 is 1. The van der Waals surface area contributed by atoms with Crippen LogP contribution in [-0.4, -0.2) is 71.9 Å². The number of alkyl halides is 1. The first-order valence-electron chi connectivity index (χ1n) is 14.3. The van der Waals surface area contributed by atoms with Crippen molar-refractivity contribution in [3.8, 4) is 17.0 Å². The number of carbonyl (C=O) groups is 2. The van der Waals surface area contributed by atoms with Gasteiger partial charge in [0.1, 0.15) is 17.6 Å². The number of ether oxygens (including phenoxy) is 2. The van der Waals surface area contributed by atoms with Gasteiger partial charge in [-0.05, 0) is 67.6 Å². The zero-order valence-corrected chi connectivity index (χ0v) is 25.1. The SMILES string of the molecule is CCOc1cc(-c2ccc(Cl)cc2C(=O)N2CC(F)C2)cc(NC(=O)c2cc(CNC[C@H](C)OC)cn(C3CC3)c2=O)n1. The van der Waals surface area contributed by atoms with Crippen LogP contribution in [0.1, 0.15) is 59.0 Å². The quantitative estimate of drug-likeness (QED) is 0.311. The minimum atomic E-state index is -1.05. The summed E-state index contributed by atoms with van der Waals surface area (Å²) in [7, 11) is 1.64. The molecule has 10 nitrogen and oxygen atoms in total. The topological polar surface area (TPSA) is 115 Å². The van der Waals surface area contributed by atoms with Crippen molar-refractivity contribution in [2.45, 2.75) is 51.6 Å². The van der Waals surface area contributed by atoms with Crippen LogP contribution in [0.25, 0.3) is 11.1 Å². The Kier molecular flexibility index (Phi) is 9.43. The largest absolute Gasteiger partial charge is 0.478 e. The zero-order valence-electron chi connectivity index (χ0n) is 24.4. The van der Waals surface area contributed by atoms with E-state index in [4.69, 9.17) is 21.1 Å². The smallest absolute Gasteiger partial charge is 0.263 e. The van der Waals surface area contributed by atoms with Gasteiger partial charge in [0.15, 0.2) is 0 Å². The average molecular weight is 612 g/mol. The highest BCUT2D eigenvalue weighted by atomic mass is 35.5. The molecular formula is C31H35ClFN5O5. The fraction of sp³-hybridized carbons (Fsp3) is 0.419. The minimum Gasteiger partial charge on any atom is -0.478 e. The second-order valence-electron chi connectivity index (χ2n) is 10.8. The maximum atomic E-state index is 13.6. The van der Waals surface area contributed by atoms with E-state index in [0.29, 0.717) is 41.4 Å². The predicted molar refractivity (Wildman–Crippen MR) is 162 cm³/mol. The van der Waals surface area contributed by atoms with Crippen molar-refractivity contribution < 1.29 is 23.5 Å². The van der Waals surface area contributed by atoms with Crippen molar-refractivity contribution in [3.05, 3.63) is 74.7 Å². The molecule has 228 valence electrons. The van der Waals surface area contributed by atoms with Gasteiger partial charge >= 0.3 is 0 Å². The molecule has 1 atom stereocenters. The number of rotatable bonds is 12. The predicted octanol–water partition coefficient (Wildman–Crippen LogP) is 4.47. The van der Waals surface area contributed by atoms with Crippen LogP contribution in [-0.2, 0) is 11.3 Å². The van der Waals surface area contributed by atoms with Crippen molar-refractivity contribution in [3.63, 3.8) is 0 Å². The Morgan fingerprint density at radius 1 is 1.16 bits per heavy atom. The van der Waals surface area contributed by atoms with E-state index in [9.17, 15) is 18.8 Å². The van der Waals surface area contributed by atoms with Gasteiger partial charge in [0, 0.05) is 49.1 Å². The van der Waals surface area contributed by atoms with Gasteiger partial charge in [0.2, 0.25) is 5.88 Å². The van der Waals surface area contributed by atoms with Gasteiger partial charge in [0.05, 0.1) is 25.8 Å². The van der Waals surface area contributed by atoms with Crippen molar-refractivity contribution in [2.24, 2.45) is 0 Å². The van der Waals surface area contributed by atoms with Gasteiger partial charge in [-0.3, -0.25) is 14.4 Å². The summed E-state index contributed by atoms with van der Waals surface area (Å²) in [5, 5.41) is 6.41. The van der Waals surface area contributed by atoms with Gasteiger partial charge in [-0.2, -0.15) is 4.98 Å². The summed E-state index contributed by atoms with van der Waals surface area (Å²) in [5.74, 6) is -0.600. The van der Waals surface area contributed by atoms with Crippen LogP contribution in [0.2, 0.25) is 5.02 Å². The van der Waals surface area contributed by atoms with E-state index in [1.807, 2.05) is 6.92 Å². The van der Waals surface area contributed by atoms with Crippen LogP contribution >= 0.6 is 11.6 Å². The number of hydrogen-bond donors (Lipinski definition) is 2. The number of amides is 2. The van der Waals surface area contributed by atoms with Crippen molar-refractivity contribution in [2.75, 3.05) is 38.7 Å². The Balaban J connectivity index is 1.46. The van der Waals surface area contributed by atoms with Crippen molar-refractivity contribution in [1.82, 2.24) is 19.8 Å². The monoisotopic (exact) mass is 611 g/mol. The molecule has 43 heavy (non-hydrogen) atoms. The summed E-state index contributed by atoms with van der Waals surface area (Å²) in [4.78, 5) is 45.9. The van der Waals surface area contributed by atoms with Crippen LogP contribution in [0.3, 0.4) is 0 Å². The first-order chi connectivity index (χ1) is 20.7. The molecule has 1 aliphatic heterocycles. The molecule has 3 aromatic rings. The Morgan fingerprint density at radius 2 is 1.93 bits per heavy atom. The summed E-state index contributed by atoms with van der Waals surface area (Å²) in [6.07, 6.45) is 2.52. The lowest BCUT2D eigenvalue weighted by atomic mass is 9.98. The number of carbonyl (C=O) groups excluding carboxylic acids is 2. The zero-order chi connectivity index (χ0) is 30.7. The van der Waals surface area contributed by atoms with E-state index in [1.54, 1.807) is 55.1 Å². The third-order valence-electron chi connectivity index (χ3n) is 7.43. The van der Waals surface area contributed by atoms with Gasteiger partial charge in [-0.15, -0.1) is 0 Å². The van der Waals surface area contributed by atoms with Crippen molar-refractivity contribution >= 4 is 29.2 Å². The molecule has 12 heteroatoms. The lowest BCUT2D eigenvalue weighted by molar-refractivity contribution is 0.0401. The van der Waals surface area contributed by atoms with Gasteiger partial charge in [0.25, 0.3) is 17.4 Å². The van der Waals surface area contributed by atoms with Crippen LogP contribution < -0.4 is 20.9 Å². The first kappa shape index (κ1) is 30.7. The molecule has 2 amide bonds. The van der Waals surface area contributed by atoms with E-state index in [1.165, 1.54) is 11.0 Å². The Bertz CT molecular complexity index is 1570. The third kappa shape index (κ3) is 7.23. The minimum absolute atomic E-state index is 0.00271. The van der Waals surface area contributed by atoms with E-state index in [-0.39, 0.29) is 54.0 Å². The number of likely N-dealkylation sites (tertiary alicyclic amines) is 1. The van der Waals surface area contributed by atoms with Gasteiger partial charge in [-0.1, -0.05) is 17.7 Å². The molecule has 0 spiro atoms. The molecule has 1 aromatic carbocycles. The number of pyridine rings is 2. The van der Waals surface area contributed by atoms with Gasteiger partial charge in [-0.25, -0.2) is 4.39 Å². The average Bonchev–Trinajstić information content (AvgIpc) is 3.81. The first-order valence-corrected chi connectivity index (χ1v) is 14.7. The van der Waals surface area contributed by atoms with Crippen LogP contribution in [0, 0.1) is 0 Å². The number of anilines is 1. The number of hydrogen-bond acceptors (Lipinski definition) is 7. The molecule has 2 aromatic heterocycles. The molecule has 5 rings (SSSR count). The van der Waals surface area contributed by atoms with E-state index in [0.717, 1.165) is 18.4 Å². The van der Waals surface area contributed by atoms with Gasteiger partial charge < -0.3 is 29.6 Å². The third-order valence-corrected chi connectivity index (χ3v) is 7.67. The molecule has 2 aliphatic rings. The molecule has 2 fully saturated rings. The summed E-state index contributed by atoms with van der Waals surface area (Å²) >= 11 is 6.23. The highest BCUT2D eigenvalue weighted by Crippen LogP contribution is 2.34. The molecule has 3 heterocycles. The normalized spacial score (nSPS) is 15.6. The Hall–Kier alpha value is -3.80. The Morgan fingerprint density at radius 3 is 2.60 bits per heavy atom. The number of benzene rings is 1. The number of halogens is 2. The second-order valence-corrected chi connectivity index (χ2v) is 11.3. The molecular weight excluding hydrogens is 577 g/mol. The van der Waals surface area contributed by atoms with Crippen molar-refractivity contribution in [1.29, 1.82) is 0 Å². The highest BCUT2D eigenvalue weighted by molar-refractivity contribution is 6.31. The van der Waals surface area contributed by atoms with E-state index >= 15 is 0 Å². The lowest BCUT2D eigenvalue weighted by Gasteiger charge is -2.34. The lowest BCUT2D eigenvalue weighted by Crippen LogP contribution is -2.51. The molecule has 0 bridgehead atoms. The summed E-state index contributed by atoms with van der Waals surface area (Å²) in [6.45, 7) is 5.16. The Labute approximate surface area is 254 Å². The maximum Gasteiger partial charge on any atom is 0.263 e. The molecule has 0 radical (unpaired) electrons. The number of nitrogens with one attached hydrogen (secondary N) is 2. The van der Waals surface area contributed by atoms with Crippen LogP contribution in [0.4, 0.5) is 10.2 Å². The fourth-order valence-electron chi connectivity index (χ4n) is 4.88. The fourth-order valence-corrected chi connectivity index (χ4v) is 5.06. The van der Waals surface area contributed by atoms with Crippen LogP contribution in [0.15, 0.2) is 47.4 Å². The molecule has 2 N–H and O–H groups in total. The second kappa shape index (κ2) is 13.2. The molecule has 0 unspecified atom stereocenters. The number of aromatic nitrogens is 2. The van der Waals surface area contributed by atoms with E-state index < -0.39 is 12.1 Å². The van der Waals surface area contributed by atoms with Crippen LogP contribution in [0.5, 0.6) is 5.88 Å². The summed E-state index contributed by atoms with van der Waals surface area (Å²) in [5.41, 5.74) is 1.76. The summed E-state index contributed by atoms with van der Waals surface area (Å²) < 4.78 is 26.1. The maximum absolute atomic E-state index is 13.6. The molecule has 1 aliphatic carbocycles. The standard InChI is InChI=1S/C31H35ClFN5O5/c1-4-43-28-11-20(24-8-5-21(32)12-25(24)30(40)37-16-22(33)17-37)10-27(35-28)36-29(39)26-9-19(14-34-13-18(2)42-3)15-38(31(26)41)23-6-7-23/h5,8-12,15,18,22-23,34H,4,6-7,13-14,16-17H2,1-3H3,(H,35,36,39)/t18-/m0/s1. The summed E-state index contributed by atoms with van der Waals surface area (Å²) in [6, 6.07) is 9.80. The number of nitrogens with zero attached hydrogens (tertiary/aromatic N) is 3. The molecule has 1 saturated carbocycles. The highest BCUT2D eigenvalue weighted by Gasteiger charge is 2.32. The molecule has 1 saturated heterocycles. The van der Waals surface area contributed by atoms with E-state index in [2.05, 4.69) is 15.6 Å².